The van der Waals surface area contributed by atoms with E-state index in [4.69, 9.17) is 10.5 Å². The third kappa shape index (κ3) is 3.58. The van der Waals surface area contributed by atoms with E-state index in [1.165, 1.54) is 0 Å². The van der Waals surface area contributed by atoms with Crippen LogP contribution in [0.1, 0.15) is 6.92 Å². The minimum Gasteiger partial charge on any atom is -0.398 e. The van der Waals surface area contributed by atoms with Crippen LogP contribution < -0.4 is 5.73 Å². The van der Waals surface area contributed by atoms with E-state index in [2.05, 4.69) is 15.9 Å². The lowest BCUT2D eigenvalue weighted by Gasteiger charge is -2.05. The van der Waals surface area contributed by atoms with Gasteiger partial charge in [-0.1, -0.05) is 27.7 Å². The number of thioether (sulfide) groups is 1. The molecule has 1 rings (SSSR count). The fourth-order valence-corrected chi connectivity index (χ4v) is 2.16. The van der Waals surface area contributed by atoms with Gasteiger partial charge in [0.1, 0.15) is 0 Å². The van der Waals surface area contributed by atoms with Gasteiger partial charge in [-0.2, -0.15) is 0 Å². The van der Waals surface area contributed by atoms with Crippen molar-refractivity contribution in [3.05, 3.63) is 22.7 Å². The number of hydrogen-bond acceptors (Lipinski definition) is 3. The quantitative estimate of drug-likeness (QED) is 0.392. The summed E-state index contributed by atoms with van der Waals surface area (Å²) in [6.07, 6.45) is 0. The lowest BCUT2D eigenvalue weighted by molar-refractivity contribution is 0.199. The smallest absolute Gasteiger partial charge is 0.0967 e. The monoisotopic (exact) mass is 261 g/mol. The summed E-state index contributed by atoms with van der Waals surface area (Å²) in [6, 6.07) is 5.82. The molecule has 0 saturated carbocycles. The molecular formula is C9H12BrNOS. The minimum atomic E-state index is 0.650. The summed E-state index contributed by atoms with van der Waals surface area (Å²) >= 11 is 5.00. The number of benzene rings is 1. The van der Waals surface area contributed by atoms with Crippen LogP contribution >= 0.6 is 27.7 Å². The van der Waals surface area contributed by atoms with Gasteiger partial charge in [-0.15, -0.1) is 0 Å². The Morgan fingerprint density at radius 1 is 1.54 bits per heavy atom. The molecule has 0 unspecified atom stereocenters. The molecule has 0 radical (unpaired) electrons. The minimum absolute atomic E-state index is 0.650. The van der Waals surface area contributed by atoms with Crippen LogP contribution in [0.3, 0.4) is 0 Å². The summed E-state index contributed by atoms with van der Waals surface area (Å²) in [5, 5.41) is 0. The van der Waals surface area contributed by atoms with Crippen molar-refractivity contribution in [3.8, 4) is 0 Å². The number of nitrogen functional groups attached to an aromatic ring is 1. The molecule has 0 aliphatic carbocycles. The van der Waals surface area contributed by atoms with Crippen LogP contribution in [0.5, 0.6) is 0 Å². The first kappa shape index (κ1) is 10.9. The first-order valence-corrected chi connectivity index (χ1v) is 5.77. The van der Waals surface area contributed by atoms with Crippen LogP contribution in [0.2, 0.25) is 0 Å². The summed E-state index contributed by atoms with van der Waals surface area (Å²) in [5.74, 6) is 0.650. The Morgan fingerprint density at radius 3 is 3.00 bits per heavy atom. The van der Waals surface area contributed by atoms with Gasteiger partial charge in [0.05, 0.1) is 5.94 Å². The summed E-state index contributed by atoms with van der Waals surface area (Å²) in [5.41, 5.74) is 6.57. The predicted molar refractivity (Wildman–Crippen MR) is 60.9 cm³/mol. The molecule has 0 aliphatic rings. The topological polar surface area (TPSA) is 35.2 Å². The number of rotatable bonds is 4. The molecule has 4 heteroatoms. The highest BCUT2D eigenvalue weighted by atomic mass is 79.9. The Balaban J connectivity index is 2.59. The Labute approximate surface area is 91.0 Å². The third-order valence-corrected chi connectivity index (χ3v) is 2.92. The van der Waals surface area contributed by atoms with Gasteiger partial charge in [0.15, 0.2) is 0 Å². The van der Waals surface area contributed by atoms with Gasteiger partial charge in [0.2, 0.25) is 0 Å². The number of hydrogen-bond donors (Lipinski definition) is 1. The maximum Gasteiger partial charge on any atom is 0.0967 e. The summed E-state index contributed by atoms with van der Waals surface area (Å²) in [6.45, 7) is 2.71. The molecule has 13 heavy (non-hydrogen) atoms. The van der Waals surface area contributed by atoms with Gasteiger partial charge >= 0.3 is 0 Å². The zero-order valence-electron chi connectivity index (χ0n) is 7.42. The average Bonchev–Trinajstić information content (AvgIpc) is 2.11. The molecule has 0 bridgehead atoms. The Bertz CT molecular complexity index is 280. The standard InChI is InChI=1S/C9H12BrNOS/c1-2-12-6-13-9-5-7(10)3-4-8(9)11/h3-5H,2,6,11H2,1H3. The van der Waals surface area contributed by atoms with Crippen LogP contribution in [-0.4, -0.2) is 12.5 Å². The van der Waals surface area contributed by atoms with Crippen LogP contribution in [0.25, 0.3) is 0 Å². The lowest BCUT2D eigenvalue weighted by Crippen LogP contribution is -1.92. The van der Waals surface area contributed by atoms with Crippen LogP contribution in [0, 0.1) is 0 Å². The highest BCUT2D eigenvalue weighted by molar-refractivity contribution is 9.10. The molecule has 0 atom stereocenters. The van der Waals surface area contributed by atoms with Crippen LogP contribution in [0.4, 0.5) is 5.69 Å². The van der Waals surface area contributed by atoms with E-state index in [-0.39, 0.29) is 0 Å². The van der Waals surface area contributed by atoms with Gasteiger partial charge in [-0.05, 0) is 25.1 Å². The van der Waals surface area contributed by atoms with Gasteiger partial charge in [0, 0.05) is 21.7 Å². The number of ether oxygens (including phenoxy) is 1. The van der Waals surface area contributed by atoms with Crippen LogP contribution in [-0.2, 0) is 4.74 Å². The summed E-state index contributed by atoms with van der Waals surface area (Å²) in [7, 11) is 0. The average molecular weight is 262 g/mol. The van der Waals surface area contributed by atoms with E-state index < -0.39 is 0 Å². The molecule has 2 N–H and O–H groups in total. The second-order valence-electron chi connectivity index (χ2n) is 2.44. The second-order valence-corrected chi connectivity index (χ2v) is 4.32. The van der Waals surface area contributed by atoms with Gasteiger partial charge in [-0.3, -0.25) is 0 Å². The van der Waals surface area contributed by atoms with E-state index in [9.17, 15) is 0 Å². The molecule has 0 spiro atoms. The van der Waals surface area contributed by atoms with Gasteiger partial charge < -0.3 is 10.5 Å². The zero-order valence-corrected chi connectivity index (χ0v) is 9.82. The molecule has 0 amide bonds. The number of nitrogens with two attached hydrogens (primary N) is 1. The molecular weight excluding hydrogens is 250 g/mol. The highest BCUT2D eigenvalue weighted by Gasteiger charge is 1.99. The fraction of sp³-hybridized carbons (Fsp3) is 0.333. The normalized spacial score (nSPS) is 10.3. The Hall–Kier alpha value is -0.190. The molecule has 72 valence electrons. The molecule has 0 saturated heterocycles. The van der Waals surface area contributed by atoms with Crippen molar-refractivity contribution in [2.75, 3.05) is 18.3 Å². The fourth-order valence-electron chi connectivity index (χ4n) is 0.822. The summed E-state index contributed by atoms with van der Waals surface area (Å²) in [4.78, 5) is 1.06. The van der Waals surface area contributed by atoms with Gasteiger partial charge in [-0.25, -0.2) is 0 Å². The highest BCUT2D eigenvalue weighted by Crippen LogP contribution is 2.28. The van der Waals surface area contributed by atoms with Crippen molar-refractivity contribution < 1.29 is 4.74 Å². The molecule has 0 aromatic heterocycles. The second kappa shape index (κ2) is 5.52. The number of anilines is 1. The molecule has 0 heterocycles. The van der Waals surface area contributed by atoms with E-state index in [0.29, 0.717) is 5.94 Å². The number of halogens is 1. The largest absolute Gasteiger partial charge is 0.398 e. The van der Waals surface area contributed by atoms with Crippen LogP contribution in [0.15, 0.2) is 27.6 Å². The lowest BCUT2D eigenvalue weighted by atomic mass is 10.3. The first-order valence-electron chi connectivity index (χ1n) is 3.99. The molecule has 1 aromatic rings. The maximum atomic E-state index is 5.77. The molecule has 0 aliphatic heterocycles. The third-order valence-electron chi connectivity index (χ3n) is 1.48. The molecule has 1 aromatic carbocycles. The Morgan fingerprint density at radius 2 is 2.31 bits per heavy atom. The van der Waals surface area contributed by atoms with E-state index in [1.54, 1.807) is 11.8 Å². The van der Waals surface area contributed by atoms with Crippen molar-refractivity contribution >= 4 is 33.4 Å². The SMILES string of the molecule is CCOCSc1cc(Br)ccc1N. The van der Waals surface area contributed by atoms with Crippen molar-refractivity contribution in [2.45, 2.75) is 11.8 Å². The first-order chi connectivity index (χ1) is 6.24. The van der Waals surface area contributed by atoms with Gasteiger partial charge in [0.25, 0.3) is 0 Å². The Kier molecular flexibility index (Phi) is 4.62. The predicted octanol–water partition coefficient (Wildman–Crippen LogP) is 3.12. The van der Waals surface area contributed by atoms with E-state index in [1.807, 2.05) is 25.1 Å². The maximum absolute atomic E-state index is 5.77. The van der Waals surface area contributed by atoms with Crippen molar-refractivity contribution in [3.63, 3.8) is 0 Å². The van der Waals surface area contributed by atoms with Crippen molar-refractivity contribution in [1.82, 2.24) is 0 Å². The van der Waals surface area contributed by atoms with Crippen molar-refractivity contribution in [1.29, 1.82) is 0 Å². The molecule has 2 nitrogen and oxygen atoms in total. The zero-order chi connectivity index (χ0) is 9.68. The van der Waals surface area contributed by atoms with E-state index in [0.717, 1.165) is 21.7 Å². The summed E-state index contributed by atoms with van der Waals surface area (Å²) < 4.78 is 6.27. The molecule has 0 fully saturated rings. The van der Waals surface area contributed by atoms with E-state index >= 15 is 0 Å². The van der Waals surface area contributed by atoms with Crippen molar-refractivity contribution in [2.24, 2.45) is 0 Å².